The van der Waals surface area contributed by atoms with Crippen LogP contribution in [-0.4, -0.2) is 15.5 Å². The summed E-state index contributed by atoms with van der Waals surface area (Å²) in [5, 5.41) is 3.32. The molecule has 0 saturated heterocycles. The van der Waals surface area contributed by atoms with E-state index < -0.39 is 0 Å². The Morgan fingerprint density at radius 1 is 1.53 bits per heavy atom. The molecule has 0 atom stereocenters. The molecule has 2 aliphatic rings. The minimum Gasteiger partial charge on any atom is -0.365 e. The molecule has 0 unspecified atom stereocenters. The fourth-order valence-electron chi connectivity index (χ4n) is 1.71. The SMILES string of the molecule is CC1(Nc2cc(=O)[nH]c(C3CC3)n2)CC1. The van der Waals surface area contributed by atoms with E-state index in [-0.39, 0.29) is 11.1 Å². The Morgan fingerprint density at radius 2 is 2.27 bits per heavy atom. The summed E-state index contributed by atoms with van der Waals surface area (Å²) >= 11 is 0. The standard InChI is InChI=1S/C11H15N3O/c1-11(4-5-11)14-8-6-9(15)13-10(12-8)7-2-3-7/h6-7H,2-5H2,1H3,(H2,12,13,14,15). The van der Waals surface area contributed by atoms with Crippen LogP contribution in [0.25, 0.3) is 0 Å². The van der Waals surface area contributed by atoms with Gasteiger partial charge in [0.05, 0.1) is 0 Å². The highest BCUT2D eigenvalue weighted by Gasteiger charge is 2.37. The third kappa shape index (κ3) is 1.89. The van der Waals surface area contributed by atoms with Gasteiger partial charge in [0.1, 0.15) is 11.6 Å². The molecule has 2 N–H and O–H groups in total. The number of anilines is 1. The highest BCUT2D eigenvalue weighted by molar-refractivity contribution is 5.39. The maximum absolute atomic E-state index is 11.4. The van der Waals surface area contributed by atoms with E-state index in [1.165, 1.54) is 12.8 Å². The molecule has 3 rings (SSSR count). The molecule has 1 aromatic rings. The zero-order valence-electron chi connectivity index (χ0n) is 8.84. The summed E-state index contributed by atoms with van der Waals surface area (Å²) in [5.41, 5.74) is 0.139. The van der Waals surface area contributed by atoms with Crippen LogP contribution in [-0.2, 0) is 0 Å². The topological polar surface area (TPSA) is 57.8 Å². The molecule has 0 spiro atoms. The predicted molar refractivity (Wildman–Crippen MR) is 58.1 cm³/mol. The van der Waals surface area contributed by atoms with Crippen LogP contribution in [0.2, 0.25) is 0 Å². The summed E-state index contributed by atoms with van der Waals surface area (Å²) in [6, 6.07) is 1.55. The van der Waals surface area contributed by atoms with Crippen LogP contribution in [0, 0.1) is 0 Å². The van der Waals surface area contributed by atoms with Crippen molar-refractivity contribution in [3.05, 3.63) is 22.2 Å². The van der Waals surface area contributed by atoms with Crippen molar-refractivity contribution in [2.24, 2.45) is 0 Å². The van der Waals surface area contributed by atoms with Gasteiger partial charge in [-0.05, 0) is 32.6 Å². The van der Waals surface area contributed by atoms with Crippen LogP contribution >= 0.6 is 0 Å². The Labute approximate surface area is 88.1 Å². The van der Waals surface area contributed by atoms with E-state index >= 15 is 0 Å². The molecule has 2 fully saturated rings. The van der Waals surface area contributed by atoms with Gasteiger partial charge in [-0.25, -0.2) is 4.98 Å². The summed E-state index contributed by atoms with van der Waals surface area (Å²) < 4.78 is 0. The molecule has 0 amide bonds. The second-order valence-corrected chi connectivity index (χ2v) is 4.98. The summed E-state index contributed by atoms with van der Waals surface area (Å²) in [7, 11) is 0. The summed E-state index contributed by atoms with van der Waals surface area (Å²) in [5.74, 6) is 2.08. The van der Waals surface area contributed by atoms with E-state index in [0.29, 0.717) is 5.92 Å². The van der Waals surface area contributed by atoms with Crippen molar-refractivity contribution in [1.82, 2.24) is 9.97 Å². The average molecular weight is 205 g/mol. The first kappa shape index (κ1) is 8.95. The lowest BCUT2D eigenvalue weighted by Gasteiger charge is -2.12. The molecule has 4 heteroatoms. The number of hydrogen-bond acceptors (Lipinski definition) is 3. The van der Waals surface area contributed by atoms with E-state index in [0.717, 1.165) is 24.5 Å². The van der Waals surface area contributed by atoms with Crippen molar-refractivity contribution in [1.29, 1.82) is 0 Å². The van der Waals surface area contributed by atoms with Crippen molar-refractivity contribution in [2.45, 2.75) is 44.1 Å². The van der Waals surface area contributed by atoms with Crippen molar-refractivity contribution < 1.29 is 0 Å². The van der Waals surface area contributed by atoms with Gasteiger partial charge >= 0.3 is 0 Å². The molecular weight excluding hydrogens is 190 g/mol. The molecule has 2 saturated carbocycles. The van der Waals surface area contributed by atoms with Crippen molar-refractivity contribution in [3.63, 3.8) is 0 Å². The van der Waals surface area contributed by atoms with Crippen LogP contribution in [0.1, 0.15) is 44.3 Å². The quantitative estimate of drug-likeness (QED) is 0.788. The molecule has 2 aliphatic carbocycles. The summed E-state index contributed by atoms with van der Waals surface area (Å²) in [6.07, 6.45) is 4.65. The predicted octanol–water partition coefficient (Wildman–Crippen LogP) is 1.61. The largest absolute Gasteiger partial charge is 0.365 e. The van der Waals surface area contributed by atoms with Gasteiger partial charge in [-0.1, -0.05) is 0 Å². The van der Waals surface area contributed by atoms with Gasteiger partial charge in [0, 0.05) is 17.5 Å². The van der Waals surface area contributed by atoms with Gasteiger partial charge in [-0.3, -0.25) is 4.79 Å². The summed E-state index contributed by atoms with van der Waals surface area (Å²) in [4.78, 5) is 18.7. The Bertz CT molecular complexity index is 443. The molecule has 0 radical (unpaired) electrons. The van der Waals surface area contributed by atoms with E-state index in [1.54, 1.807) is 6.07 Å². The Balaban J connectivity index is 1.89. The number of nitrogens with zero attached hydrogens (tertiary/aromatic N) is 1. The molecule has 4 nitrogen and oxygen atoms in total. The van der Waals surface area contributed by atoms with E-state index in [1.807, 2.05) is 0 Å². The zero-order valence-corrected chi connectivity index (χ0v) is 8.84. The molecular formula is C11H15N3O. The molecule has 1 heterocycles. The lowest BCUT2D eigenvalue weighted by molar-refractivity contribution is 0.807. The number of H-pyrrole nitrogens is 1. The van der Waals surface area contributed by atoms with Crippen LogP contribution in [0.5, 0.6) is 0 Å². The highest BCUT2D eigenvalue weighted by Crippen LogP contribution is 2.39. The van der Waals surface area contributed by atoms with Gasteiger partial charge in [0.25, 0.3) is 5.56 Å². The van der Waals surface area contributed by atoms with Gasteiger partial charge in [-0.15, -0.1) is 0 Å². The first-order valence-corrected chi connectivity index (χ1v) is 5.54. The lowest BCUT2D eigenvalue weighted by atomic mass is 10.3. The van der Waals surface area contributed by atoms with E-state index in [4.69, 9.17) is 0 Å². The van der Waals surface area contributed by atoms with E-state index in [2.05, 4.69) is 22.2 Å². The highest BCUT2D eigenvalue weighted by atomic mass is 16.1. The van der Waals surface area contributed by atoms with Gasteiger partial charge < -0.3 is 10.3 Å². The van der Waals surface area contributed by atoms with E-state index in [9.17, 15) is 4.79 Å². The Morgan fingerprint density at radius 3 is 2.87 bits per heavy atom. The number of rotatable bonds is 3. The molecule has 0 bridgehead atoms. The average Bonchev–Trinajstić information content (AvgIpc) is 2.99. The van der Waals surface area contributed by atoms with Crippen LogP contribution in [0.15, 0.2) is 10.9 Å². The van der Waals surface area contributed by atoms with Crippen LogP contribution in [0.3, 0.4) is 0 Å². The number of aromatic amines is 1. The fraction of sp³-hybridized carbons (Fsp3) is 0.636. The Kier molecular flexibility index (Phi) is 1.69. The first-order chi connectivity index (χ1) is 7.15. The molecule has 0 aromatic carbocycles. The van der Waals surface area contributed by atoms with Crippen LogP contribution < -0.4 is 10.9 Å². The monoisotopic (exact) mass is 205 g/mol. The third-order valence-electron chi connectivity index (χ3n) is 3.15. The summed E-state index contributed by atoms with van der Waals surface area (Å²) in [6.45, 7) is 2.16. The van der Waals surface area contributed by atoms with Gasteiger partial charge in [0.15, 0.2) is 0 Å². The minimum atomic E-state index is -0.0429. The normalized spacial score (nSPS) is 22.5. The number of aromatic nitrogens is 2. The van der Waals surface area contributed by atoms with Crippen molar-refractivity contribution in [2.75, 3.05) is 5.32 Å². The third-order valence-corrected chi connectivity index (χ3v) is 3.15. The molecule has 0 aliphatic heterocycles. The molecule has 80 valence electrons. The second kappa shape index (κ2) is 2.84. The fourth-order valence-corrected chi connectivity index (χ4v) is 1.71. The minimum absolute atomic E-state index is 0.0429. The second-order valence-electron chi connectivity index (χ2n) is 4.98. The maximum atomic E-state index is 11.4. The van der Waals surface area contributed by atoms with Gasteiger partial charge in [0.2, 0.25) is 0 Å². The first-order valence-electron chi connectivity index (χ1n) is 5.54. The smallest absolute Gasteiger partial charge is 0.252 e. The lowest BCUT2D eigenvalue weighted by Crippen LogP contribution is -2.20. The Hall–Kier alpha value is -1.32. The molecule has 15 heavy (non-hydrogen) atoms. The zero-order chi connectivity index (χ0) is 10.5. The van der Waals surface area contributed by atoms with Crippen molar-refractivity contribution in [3.8, 4) is 0 Å². The number of nitrogens with one attached hydrogen (secondary N) is 2. The maximum Gasteiger partial charge on any atom is 0.252 e. The van der Waals surface area contributed by atoms with Crippen molar-refractivity contribution >= 4 is 5.82 Å². The number of hydrogen-bond donors (Lipinski definition) is 2. The van der Waals surface area contributed by atoms with Gasteiger partial charge in [-0.2, -0.15) is 0 Å². The molecule has 1 aromatic heterocycles. The van der Waals surface area contributed by atoms with Crippen LogP contribution in [0.4, 0.5) is 5.82 Å².